The maximum atomic E-state index is 9.78. The summed E-state index contributed by atoms with van der Waals surface area (Å²) >= 11 is 0. The summed E-state index contributed by atoms with van der Waals surface area (Å²) in [6.07, 6.45) is 4.99. The van der Waals surface area contributed by atoms with Gasteiger partial charge in [-0.1, -0.05) is 18.6 Å². The Morgan fingerprint density at radius 3 is 3.05 bits per heavy atom. The monoisotopic (exact) mass is 256 g/mol. The molecule has 0 saturated heterocycles. The molecule has 3 heteroatoms. The molecule has 2 aromatic rings. The van der Waals surface area contributed by atoms with E-state index in [9.17, 15) is 5.11 Å². The van der Waals surface area contributed by atoms with Crippen LogP contribution in [0.5, 0.6) is 0 Å². The number of nitrogens with zero attached hydrogens (tertiary/aromatic N) is 1. The van der Waals surface area contributed by atoms with Crippen molar-refractivity contribution in [2.24, 2.45) is 5.92 Å². The third-order valence-corrected chi connectivity index (χ3v) is 4.02. The minimum Gasteiger partial charge on any atom is -0.393 e. The molecule has 0 amide bonds. The van der Waals surface area contributed by atoms with Gasteiger partial charge in [0, 0.05) is 24.7 Å². The second kappa shape index (κ2) is 5.68. The molecule has 0 radical (unpaired) electrons. The van der Waals surface area contributed by atoms with E-state index >= 15 is 0 Å². The molecule has 1 aliphatic carbocycles. The van der Waals surface area contributed by atoms with E-state index in [-0.39, 0.29) is 6.10 Å². The minimum atomic E-state index is -0.103. The summed E-state index contributed by atoms with van der Waals surface area (Å²) in [5.74, 6) is 0.433. The van der Waals surface area contributed by atoms with Crippen molar-refractivity contribution in [2.75, 3.05) is 6.54 Å². The average Bonchev–Trinajstić information content (AvgIpc) is 2.84. The zero-order valence-corrected chi connectivity index (χ0v) is 11.0. The van der Waals surface area contributed by atoms with Gasteiger partial charge in [0.15, 0.2) is 0 Å². The van der Waals surface area contributed by atoms with Crippen LogP contribution < -0.4 is 5.32 Å². The molecule has 2 unspecified atom stereocenters. The molecule has 1 aromatic heterocycles. The molecule has 100 valence electrons. The molecule has 2 N–H and O–H groups in total. The minimum absolute atomic E-state index is 0.103. The molecule has 1 heterocycles. The SMILES string of the molecule is OC1CCCC1CNCc1ccc2ncccc2c1. The first kappa shape index (κ1) is 12.6. The van der Waals surface area contributed by atoms with Crippen LogP contribution in [0.15, 0.2) is 36.5 Å². The number of pyridine rings is 1. The normalized spacial score (nSPS) is 23.0. The maximum absolute atomic E-state index is 9.78. The highest BCUT2D eigenvalue weighted by Crippen LogP contribution is 2.24. The van der Waals surface area contributed by atoms with E-state index in [2.05, 4.69) is 34.6 Å². The van der Waals surface area contributed by atoms with E-state index in [1.165, 1.54) is 10.9 Å². The zero-order chi connectivity index (χ0) is 13.1. The first-order valence-corrected chi connectivity index (χ1v) is 7.05. The van der Waals surface area contributed by atoms with Crippen molar-refractivity contribution in [3.63, 3.8) is 0 Å². The lowest BCUT2D eigenvalue weighted by atomic mass is 10.1. The van der Waals surface area contributed by atoms with Crippen LogP contribution in [0, 0.1) is 5.92 Å². The Morgan fingerprint density at radius 2 is 2.21 bits per heavy atom. The quantitative estimate of drug-likeness (QED) is 0.883. The summed E-state index contributed by atoms with van der Waals surface area (Å²) < 4.78 is 0. The highest BCUT2D eigenvalue weighted by molar-refractivity contribution is 5.78. The van der Waals surface area contributed by atoms with Gasteiger partial charge >= 0.3 is 0 Å². The Bertz CT molecular complexity index is 555. The van der Waals surface area contributed by atoms with Gasteiger partial charge in [-0.3, -0.25) is 4.98 Å². The highest BCUT2D eigenvalue weighted by atomic mass is 16.3. The molecule has 3 nitrogen and oxygen atoms in total. The molecule has 3 rings (SSSR count). The Balaban J connectivity index is 1.59. The molecule has 0 bridgehead atoms. The topological polar surface area (TPSA) is 45.1 Å². The molecular formula is C16H20N2O. The van der Waals surface area contributed by atoms with Crippen molar-refractivity contribution in [1.29, 1.82) is 0 Å². The number of hydrogen-bond acceptors (Lipinski definition) is 3. The van der Waals surface area contributed by atoms with Crippen LogP contribution in [-0.2, 0) is 6.54 Å². The third kappa shape index (κ3) is 2.94. The van der Waals surface area contributed by atoms with E-state index in [0.29, 0.717) is 5.92 Å². The average molecular weight is 256 g/mol. The van der Waals surface area contributed by atoms with Gasteiger partial charge in [-0.2, -0.15) is 0 Å². The fraction of sp³-hybridized carbons (Fsp3) is 0.438. The van der Waals surface area contributed by atoms with E-state index in [1.807, 2.05) is 12.3 Å². The molecule has 0 spiro atoms. The van der Waals surface area contributed by atoms with Gasteiger partial charge in [-0.25, -0.2) is 0 Å². The summed E-state index contributed by atoms with van der Waals surface area (Å²) in [6, 6.07) is 10.4. The lowest BCUT2D eigenvalue weighted by molar-refractivity contribution is 0.131. The summed E-state index contributed by atoms with van der Waals surface area (Å²) in [5, 5.41) is 14.4. The van der Waals surface area contributed by atoms with Crippen LogP contribution in [0.4, 0.5) is 0 Å². The number of aliphatic hydroxyl groups excluding tert-OH is 1. The Morgan fingerprint density at radius 1 is 1.26 bits per heavy atom. The van der Waals surface area contributed by atoms with Crippen LogP contribution in [0.3, 0.4) is 0 Å². The molecule has 1 fully saturated rings. The van der Waals surface area contributed by atoms with E-state index in [1.54, 1.807) is 0 Å². The second-order valence-corrected chi connectivity index (χ2v) is 5.42. The molecule has 1 aliphatic rings. The summed E-state index contributed by atoms with van der Waals surface area (Å²) in [5.41, 5.74) is 2.31. The Hall–Kier alpha value is -1.45. The van der Waals surface area contributed by atoms with Crippen molar-refractivity contribution in [2.45, 2.75) is 31.9 Å². The Kier molecular flexibility index (Phi) is 3.76. The molecule has 0 aliphatic heterocycles. The number of aliphatic hydroxyl groups is 1. The first-order valence-electron chi connectivity index (χ1n) is 7.05. The molecular weight excluding hydrogens is 236 g/mol. The Labute approximate surface area is 113 Å². The summed E-state index contributed by atoms with van der Waals surface area (Å²) in [7, 11) is 0. The number of nitrogens with one attached hydrogen (secondary N) is 1. The number of benzene rings is 1. The highest BCUT2D eigenvalue weighted by Gasteiger charge is 2.24. The maximum Gasteiger partial charge on any atom is 0.0702 e. The number of rotatable bonds is 4. The van der Waals surface area contributed by atoms with Gasteiger partial charge < -0.3 is 10.4 Å². The van der Waals surface area contributed by atoms with Crippen molar-refractivity contribution >= 4 is 10.9 Å². The largest absolute Gasteiger partial charge is 0.393 e. The van der Waals surface area contributed by atoms with Gasteiger partial charge in [-0.15, -0.1) is 0 Å². The predicted octanol–water partition coefficient (Wildman–Crippen LogP) is 2.49. The number of hydrogen-bond donors (Lipinski definition) is 2. The summed E-state index contributed by atoms with van der Waals surface area (Å²) in [4.78, 5) is 4.32. The van der Waals surface area contributed by atoms with Crippen molar-refractivity contribution in [1.82, 2.24) is 10.3 Å². The van der Waals surface area contributed by atoms with Crippen molar-refractivity contribution in [3.8, 4) is 0 Å². The summed E-state index contributed by atoms with van der Waals surface area (Å²) in [6.45, 7) is 1.76. The molecule has 2 atom stereocenters. The van der Waals surface area contributed by atoms with Gasteiger partial charge in [0.25, 0.3) is 0 Å². The number of aromatic nitrogens is 1. The lowest BCUT2D eigenvalue weighted by Gasteiger charge is -2.15. The smallest absolute Gasteiger partial charge is 0.0702 e. The fourth-order valence-corrected chi connectivity index (χ4v) is 2.89. The van der Waals surface area contributed by atoms with Crippen LogP contribution in [-0.4, -0.2) is 22.7 Å². The standard InChI is InChI=1S/C16H20N2O/c19-16-5-1-3-14(16)11-17-10-12-6-7-15-13(9-12)4-2-8-18-15/h2,4,6-9,14,16-17,19H,1,3,5,10-11H2. The van der Waals surface area contributed by atoms with Crippen molar-refractivity contribution in [3.05, 3.63) is 42.1 Å². The van der Waals surface area contributed by atoms with Crippen LogP contribution in [0.1, 0.15) is 24.8 Å². The molecule has 1 aromatic carbocycles. The fourth-order valence-electron chi connectivity index (χ4n) is 2.89. The van der Waals surface area contributed by atoms with E-state index in [0.717, 1.165) is 37.9 Å². The van der Waals surface area contributed by atoms with Crippen LogP contribution in [0.25, 0.3) is 10.9 Å². The van der Waals surface area contributed by atoms with E-state index in [4.69, 9.17) is 0 Å². The molecule has 19 heavy (non-hydrogen) atoms. The van der Waals surface area contributed by atoms with Crippen molar-refractivity contribution < 1.29 is 5.11 Å². The van der Waals surface area contributed by atoms with Gasteiger partial charge in [0.1, 0.15) is 0 Å². The first-order chi connectivity index (χ1) is 9.33. The van der Waals surface area contributed by atoms with Gasteiger partial charge in [-0.05, 0) is 42.5 Å². The van der Waals surface area contributed by atoms with Crippen LogP contribution >= 0.6 is 0 Å². The zero-order valence-electron chi connectivity index (χ0n) is 11.0. The van der Waals surface area contributed by atoms with E-state index < -0.39 is 0 Å². The number of fused-ring (bicyclic) bond motifs is 1. The lowest BCUT2D eigenvalue weighted by Crippen LogP contribution is -2.27. The molecule has 1 saturated carbocycles. The predicted molar refractivity (Wildman–Crippen MR) is 76.8 cm³/mol. The van der Waals surface area contributed by atoms with Gasteiger partial charge in [0.05, 0.1) is 11.6 Å². The third-order valence-electron chi connectivity index (χ3n) is 4.02. The van der Waals surface area contributed by atoms with Crippen LogP contribution in [0.2, 0.25) is 0 Å². The van der Waals surface area contributed by atoms with Gasteiger partial charge in [0.2, 0.25) is 0 Å². The second-order valence-electron chi connectivity index (χ2n) is 5.42.